The van der Waals surface area contributed by atoms with E-state index < -0.39 is 0 Å². The monoisotopic (exact) mass is 426 g/mol. The van der Waals surface area contributed by atoms with Crippen LogP contribution in [-0.2, 0) is 4.74 Å². The maximum Gasteiger partial charge on any atom is 0.194 e. The van der Waals surface area contributed by atoms with Crippen molar-refractivity contribution in [2.45, 2.75) is 45.4 Å². The van der Waals surface area contributed by atoms with Crippen LogP contribution in [0.25, 0.3) is 0 Å². The molecule has 3 atom stereocenters. The maximum atomic E-state index is 9.69. The van der Waals surface area contributed by atoms with E-state index in [1.807, 2.05) is 0 Å². The van der Waals surface area contributed by atoms with Crippen molar-refractivity contribution >= 4 is 29.9 Å². The third kappa shape index (κ3) is 5.50. The fourth-order valence-corrected chi connectivity index (χ4v) is 3.08. The zero-order chi connectivity index (χ0) is 15.2. The first kappa shape index (κ1) is 19.9. The van der Waals surface area contributed by atoms with Crippen LogP contribution in [0.15, 0.2) is 4.99 Å². The van der Waals surface area contributed by atoms with Gasteiger partial charge in [0.15, 0.2) is 5.96 Å². The summed E-state index contributed by atoms with van der Waals surface area (Å²) in [6.45, 7) is 12.3. The lowest BCUT2D eigenvalue weighted by atomic mass is 10.2. The van der Waals surface area contributed by atoms with Gasteiger partial charge in [0.2, 0.25) is 0 Å². The topological polar surface area (TPSA) is 60.3 Å². The van der Waals surface area contributed by atoms with Gasteiger partial charge in [-0.3, -0.25) is 9.89 Å². The highest BCUT2D eigenvalue weighted by atomic mass is 127. The molecule has 0 spiro atoms. The standard InChI is InChI=1S/C15H30N4O2.HI/c1-4-16-15(18-6-5-14(20)10-18)17-9-12(2)19-7-8-21-11-13(19)3;/h12-14,20H,4-11H2,1-3H3,(H,16,17);1H/t12?,13?,14-;/m1./s1. The molecule has 0 radical (unpaired) electrons. The second-order valence-electron chi connectivity index (χ2n) is 6.09. The number of nitrogens with zero attached hydrogens (tertiary/aromatic N) is 3. The SMILES string of the molecule is CCNC(=NCC(C)N1CCOCC1C)N1CC[C@@H](O)C1.I. The molecule has 2 fully saturated rings. The summed E-state index contributed by atoms with van der Waals surface area (Å²) in [5, 5.41) is 13.0. The molecule has 2 saturated heterocycles. The van der Waals surface area contributed by atoms with Crippen molar-refractivity contribution in [2.75, 3.05) is 45.9 Å². The number of likely N-dealkylation sites (tertiary alicyclic amines) is 1. The fourth-order valence-electron chi connectivity index (χ4n) is 3.08. The minimum Gasteiger partial charge on any atom is -0.391 e. The van der Waals surface area contributed by atoms with Gasteiger partial charge in [0, 0.05) is 38.3 Å². The zero-order valence-electron chi connectivity index (χ0n) is 14.0. The van der Waals surface area contributed by atoms with Crippen molar-refractivity contribution in [1.82, 2.24) is 15.1 Å². The lowest BCUT2D eigenvalue weighted by molar-refractivity contribution is -0.0166. The number of guanidine groups is 1. The van der Waals surface area contributed by atoms with E-state index in [2.05, 4.69) is 35.9 Å². The van der Waals surface area contributed by atoms with Gasteiger partial charge in [0.1, 0.15) is 0 Å². The first-order chi connectivity index (χ1) is 10.1. The molecule has 0 aromatic carbocycles. The second kappa shape index (κ2) is 9.89. The Morgan fingerprint density at radius 3 is 2.82 bits per heavy atom. The predicted molar refractivity (Wildman–Crippen MR) is 100 cm³/mol. The van der Waals surface area contributed by atoms with Crippen molar-refractivity contribution in [3.05, 3.63) is 0 Å². The lowest BCUT2D eigenvalue weighted by Crippen LogP contribution is -2.49. The van der Waals surface area contributed by atoms with Crippen LogP contribution in [0.5, 0.6) is 0 Å². The zero-order valence-corrected chi connectivity index (χ0v) is 16.3. The largest absolute Gasteiger partial charge is 0.391 e. The Hall–Kier alpha value is -0.120. The summed E-state index contributed by atoms with van der Waals surface area (Å²) in [6.07, 6.45) is 0.617. The molecule has 0 amide bonds. The summed E-state index contributed by atoms with van der Waals surface area (Å²) < 4.78 is 5.49. The molecule has 2 aliphatic rings. The Labute approximate surface area is 151 Å². The van der Waals surface area contributed by atoms with Gasteiger partial charge in [-0.15, -0.1) is 24.0 Å². The van der Waals surface area contributed by atoms with Gasteiger partial charge < -0.3 is 20.1 Å². The number of rotatable bonds is 4. The van der Waals surface area contributed by atoms with Gasteiger partial charge in [0.05, 0.1) is 25.9 Å². The fraction of sp³-hybridized carbons (Fsp3) is 0.933. The summed E-state index contributed by atoms with van der Waals surface area (Å²) in [6, 6.07) is 0.866. The number of halogens is 1. The number of aliphatic imine (C=N–C) groups is 1. The minimum atomic E-state index is -0.217. The molecule has 0 saturated carbocycles. The van der Waals surface area contributed by atoms with Gasteiger partial charge in [-0.1, -0.05) is 0 Å². The highest BCUT2D eigenvalue weighted by Gasteiger charge is 2.25. The Bertz CT molecular complexity index is 356. The lowest BCUT2D eigenvalue weighted by Gasteiger charge is -2.37. The van der Waals surface area contributed by atoms with Crippen LogP contribution in [0, 0.1) is 0 Å². The van der Waals surface area contributed by atoms with Gasteiger partial charge in [-0.2, -0.15) is 0 Å². The van der Waals surface area contributed by atoms with Crippen LogP contribution < -0.4 is 5.32 Å². The average molecular weight is 426 g/mol. The molecule has 7 heteroatoms. The summed E-state index contributed by atoms with van der Waals surface area (Å²) >= 11 is 0. The number of hydrogen-bond donors (Lipinski definition) is 2. The van der Waals surface area contributed by atoms with Crippen LogP contribution in [0.4, 0.5) is 0 Å². The molecule has 22 heavy (non-hydrogen) atoms. The van der Waals surface area contributed by atoms with Crippen molar-refractivity contribution in [3.8, 4) is 0 Å². The first-order valence-corrected chi connectivity index (χ1v) is 8.16. The third-order valence-corrected chi connectivity index (χ3v) is 4.29. The van der Waals surface area contributed by atoms with E-state index in [1.54, 1.807) is 0 Å². The molecule has 0 aliphatic carbocycles. The molecular weight excluding hydrogens is 395 g/mol. The van der Waals surface area contributed by atoms with Crippen molar-refractivity contribution in [1.29, 1.82) is 0 Å². The number of ether oxygens (including phenoxy) is 1. The molecule has 0 bridgehead atoms. The molecule has 2 heterocycles. The first-order valence-electron chi connectivity index (χ1n) is 8.16. The molecule has 2 N–H and O–H groups in total. The molecule has 2 rings (SSSR count). The van der Waals surface area contributed by atoms with Gasteiger partial charge in [0.25, 0.3) is 0 Å². The number of aliphatic hydroxyl groups is 1. The Balaban J connectivity index is 0.00000242. The van der Waals surface area contributed by atoms with E-state index >= 15 is 0 Å². The van der Waals surface area contributed by atoms with E-state index in [-0.39, 0.29) is 30.1 Å². The van der Waals surface area contributed by atoms with Crippen LogP contribution in [0.2, 0.25) is 0 Å². The Morgan fingerprint density at radius 2 is 2.23 bits per heavy atom. The second-order valence-corrected chi connectivity index (χ2v) is 6.09. The molecule has 2 unspecified atom stereocenters. The molecular formula is C15H31IN4O2. The quantitative estimate of drug-likeness (QED) is 0.395. The predicted octanol–water partition coefficient (Wildman–Crippen LogP) is 0.746. The van der Waals surface area contributed by atoms with Crippen molar-refractivity contribution in [2.24, 2.45) is 4.99 Å². The maximum absolute atomic E-state index is 9.69. The highest BCUT2D eigenvalue weighted by molar-refractivity contribution is 14.0. The Morgan fingerprint density at radius 1 is 1.45 bits per heavy atom. The average Bonchev–Trinajstić information content (AvgIpc) is 2.90. The van der Waals surface area contributed by atoms with Crippen molar-refractivity contribution in [3.63, 3.8) is 0 Å². The molecule has 0 aromatic heterocycles. The van der Waals surface area contributed by atoms with Crippen LogP contribution >= 0.6 is 24.0 Å². The number of nitrogens with one attached hydrogen (secondary N) is 1. The molecule has 2 aliphatic heterocycles. The van der Waals surface area contributed by atoms with Gasteiger partial charge in [-0.25, -0.2) is 0 Å². The Kier molecular flexibility index (Phi) is 8.96. The van der Waals surface area contributed by atoms with E-state index in [9.17, 15) is 5.11 Å². The normalized spacial score (nSPS) is 28.4. The summed E-state index contributed by atoms with van der Waals surface area (Å²) in [4.78, 5) is 9.40. The molecule has 6 nitrogen and oxygen atoms in total. The van der Waals surface area contributed by atoms with Crippen molar-refractivity contribution < 1.29 is 9.84 Å². The number of β-amino-alcohol motifs (C(OH)–C–C–N with tert-alkyl or cyclic N) is 1. The van der Waals surface area contributed by atoms with Crippen LogP contribution in [0.1, 0.15) is 27.2 Å². The summed E-state index contributed by atoms with van der Waals surface area (Å²) in [7, 11) is 0. The van der Waals surface area contributed by atoms with Gasteiger partial charge >= 0.3 is 0 Å². The molecule has 130 valence electrons. The highest BCUT2D eigenvalue weighted by Crippen LogP contribution is 2.12. The van der Waals surface area contributed by atoms with E-state index in [0.29, 0.717) is 18.6 Å². The molecule has 0 aromatic rings. The van der Waals surface area contributed by atoms with Gasteiger partial charge in [-0.05, 0) is 27.2 Å². The van der Waals surface area contributed by atoms with E-state index in [4.69, 9.17) is 9.73 Å². The van der Waals surface area contributed by atoms with Crippen LogP contribution in [0.3, 0.4) is 0 Å². The van der Waals surface area contributed by atoms with E-state index in [1.165, 1.54) is 0 Å². The number of hydrogen-bond acceptors (Lipinski definition) is 4. The smallest absolute Gasteiger partial charge is 0.194 e. The third-order valence-electron chi connectivity index (χ3n) is 4.29. The summed E-state index contributed by atoms with van der Waals surface area (Å²) in [5.41, 5.74) is 0. The number of aliphatic hydroxyl groups excluding tert-OH is 1. The number of morpholine rings is 1. The minimum absolute atomic E-state index is 0. The van der Waals surface area contributed by atoms with E-state index in [0.717, 1.165) is 51.8 Å². The van der Waals surface area contributed by atoms with Crippen LogP contribution in [-0.4, -0.2) is 85.0 Å². The summed E-state index contributed by atoms with van der Waals surface area (Å²) in [5.74, 6) is 0.932.